The van der Waals surface area contributed by atoms with E-state index in [0.29, 0.717) is 19.5 Å². The van der Waals surface area contributed by atoms with Gasteiger partial charge in [-0.3, -0.25) is 9.69 Å². The van der Waals surface area contributed by atoms with Crippen LogP contribution in [0.15, 0.2) is 0 Å². The van der Waals surface area contributed by atoms with E-state index in [9.17, 15) is 4.79 Å². The summed E-state index contributed by atoms with van der Waals surface area (Å²) in [7, 11) is 0. The lowest BCUT2D eigenvalue weighted by molar-refractivity contribution is -0.121. The van der Waals surface area contributed by atoms with Crippen molar-refractivity contribution in [3.63, 3.8) is 0 Å². The number of hydrogen-bond acceptors (Lipinski definition) is 3. The predicted molar refractivity (Wildman–Crippen MR) is 60.2 cm³/mol. The third kappa shape index (κ3) is 7.95. The van der Waals surface area contributed by atoms with E-state index in [1.54, 1.807) is 0 Å². The lowest BCUT2D eigenvalue weighted by Crippen LogP contribution is -2.34. The van der Waals surface area contributed by atoms with Crippen LogP contribution in [0.5, 0.6) is 0 Å². The molecule has 0 aliphatic heterocycles. The Hall–Kier alpha value is -1.08. The quantitative estimate of drug-likeness (QED) is 0.642. The van der Waals surface area contributed by atoms with Crippen LogP contribution < -0.4 is 5.32 Å². The molecule has 4 nitrogen and oxygen atoms in total. The van der Waals surface area contributed by atoms with E-state index in [4.69, 9.17) is 5.26 Å². The fourth-order valence-electron chi connectivity index (χ4n) is 1.34. The van der Waals surface area contributed by atoms with E-state index in [1.165, 1.54) is 0 Å². The molecule has 0 radical (unpaired) electrons. The molecule has 1 amide bonds. The van der Waals surface area contributed by atoms with E-state index < -0.39 is 0 Å². The van der Waals surface area contributed by atoms with Crippen molar-refractivity contribution in [1.82, 2.24) is 10.2 Å². The van der Waals surface area contributed by atoms with Crippen molar-refractivity contribution in [3.05, 3.63) is 0 Å². The first-order chi connectivity index (χ1) is 7.10. The molecule has 0 aromatic heterocycles. The molecule has 0 aliphatic carbocycles. The predicted octanol–water partition coefficient (Wildman–Crippen LogP) is 1.14. The normalized spacial score (nSPS) is 10.4. The van der Waals surface area contributed by atoms with Crippen molar-refractivity contribution < 1.29 is 4.79 Å². The van der Waals surface area contributed by atoms with Gasteiger partial charge in [-0.05, 0) is 26.8 Å². The number of hydrogen-bond donors (Lipinski definition) is 1. The number of nitriles is 1. The summed E-state index contributed by atoms with van der Waals surface area (Å²) < 4.78 is 0. The van der Waals surface area contributed by atoms with E-state index in [-0.39, 0.29) is 11.9 Å². The van der Waals surface area contributed by atoms with E-state index >= 15 is 0 Å². The van der Waals surface area contributed by atoms with Gasteiger partial charge in [0.25, 0.3) is 0 Å². The molecule has 0 spiro atoms. The zero-order valence-corrected chi connectivity index (χ0v) is 9.92. The Morgan fingerprint density at radius 2 is 2.13 bits per heavy atom. The van der Waals surface area contributed by atoms with Gasteiger partial charge < -0.3 is 5.32 Å². The van der Waals surface area contributed by atoms with Gasteiger partial charge in [0, 0.05) is 19.0 Å². The van der Waals surface area contributed by atoms with Gasteiger partial charge in [0.05, 0.1) is 12.6 Å². The number of amides is 1. The first-order valence-electron chi connectivity index (χ1n) is 5.48. The highest BCUT2D eigenvalue weighted by molar-refractivity contribution is 5.76. The van der Waals surface area contributed by atoms with Crippen LogP contribution in [0.4, 0.5) is 0 Å². The molecule has 0 aromatic carbocycles. The highest BCUT2D eigenvalue weighted by atomic mass is 16.1. The van der Waals surface area contributed by atoms with Gasteiger partial charge in [-0.1, -0.05) is 6.92 Å². The maximum absolute atomic E-state index is 11.3. The number of carbonyl (C=O) groups excluding carboxylic acids is 1. The molecule has 0 saturated carbocycles. The van der Waals surface area contributed by atoms with Crippen molar-refractivity contribution in [2.24, 2.45) is 0 Å². The minimum Gasteiger partial charge on any atom is -0.354 e. The highest BCUT2D eigenvalue weighted by Crippen LogP contribution is 1.94. The zero-order chi connectivity index (χ0) is 11.7. The molecule has 0 rings (SSSR count). The molecular formula is C11H21N3O. The molecule has 0 saturated heterocycles. The summed E-state index contributed by atoms with van der Waals surface area (Å²) in [6.07, 6.45) is 1.48. The van der Waals surface area contributed by atoms with E-state index in [1.807, 2.05) is 18.7 Å². The Bertz CT molecular complexity index is 220. The lowest BCUT2D eigenvalue weighted by Gasteiger charge is -2.18. The van der Waals surface area contributed by atoms with Crippen LogP contribution in [0.1, 0.15) is 33.6 Å². The fraction of sp³-hybridized carbons (Fsp3) is 0.818. The van der Waals surface area contributed by atoms with Gasteiger partial charge in [-0.25, -0.2) is 0 Å². The van der Waals surface area contributed by atoms with Crippen molar-refractivity contribution >= 4 is 5.91 Å². The van der Waals surface area contributed by atoms with Crippen LogP contribution in [-0.4, -0.2) is 36.5 Å². The van der Waals surface area contributed by atoms with Crippen LogP contribution in [-0.2, 0) is 4.79 Å². The van der Waals surface area contributed by atoms with Crippen molar-refractivity contribution in [2.45, 2.75) is 39.7 Å². The first kappa shape index (κ1) is 13.9. The Morgan fingerprint density at radius 3 is 2.60 bits per heavy atom. The molecule has 1 N–H and O–H groups in total. The maximum Gasteiger partial charge on any atom is 0.221 e. The SMILES string of the molecule is CCCN(CC#N)CCC(=O)NC(C)C. The third-order valence-corrected chi connectivity index (χ3v) is 1.94. The van der Waals surface area contributed by atoms with Gasteiger partial charge in [-0.2, -0.15) is 5.26 Å². The zero-order valence-electron chi connectivity index (χ0n) is 9.92. The highest BCUT2D eigenvalue weighted by Gasteiger charge is 2.07. The molecule has 0 heterocycles. The summed E-state index contributed by atoms with van der Waals surface area (Å²) in [5.74, 6) is 0.0593. The number of nitrogens with zero attached hydrogens (tertiary/aromatic N) is 2. The second kappa shape index (κ2) is 8.25. The molecule has 0 atom stereocenters. The fourth-order valence-corrected chi connectivity index (χ4v) is 1.34. The van der Waals surface area contributed by atoms with Crippen molar-refractivity contribution in [1.29, 1.82) is 5.26 Å². The summed E-state index contributed by atoms with van der Waals surface area (Å²) in [5.41, 5.74) is 0. The summed E-state index contributed by atoms with van der Waals surface area (Å²) in [6.45, 7) is 7.90. The Balaban J connectivity index is 3.78. The smallest absolute Gasteiger partial charge is 0.221 e. The van der Waals surface area contributed by atoms with Crippen LogP contribution in [0.2, 0.25) is 0 Å². The number of carbonyl (C=O) groups is 1. The largest absolute Gasteiger partial charge is 0.354 e. The average molecular weight is 211 g/mol. The summed E-state index contributed by atoms with van der Waals surface area (Å²) >= 11 is 0. The maximum atomic E-state index is 11.3. The Labute approximate surface area is 92.3 Å². The molecule has 0 fully saturated rings. The standard InChI is InChI=1S/C11H21N3O/c1-4-7-14(9-6-12)8-5-11(15)13-10(2)3/h10H,4-5,7-9H2,1-3H3,(H,13,15). The second-order valence-corrected chi connectivity index (χ2v) is 3.91. The van der Waals surface area contributed by atoms with Crippen LogP contribution >= 0.6 is 0 Å². The topological polar surface area (TPSA) is 56.1 Å². The van der Waals surface area contributed by atoms with Crippen LogP contribution in [0, 0.1) is 11.3 Å². The summed E-state index contributed by atoms with van der Waals surface area (Å²) in [5, 5.41) is 11.4. The molecule has 4 heteroatoms. The van der Waals surface area contributed by atoms with Gasteiger partial charge in [-0.15, -0.1) is 0 Å². The minimum absolute atomic E-state index is 0.0593. The lowest BCUT2D eigenvalue weighted by atomic mass is 10.3. The molecule has 86 valence electrons. The molecule has 0 aromatic rings. The van der Waals surface area contributed by atoms with E-state index in [2.05, 4.69) is 18.3 Å². The molecule has 0 unspecified atom stereocenters. The van der Waals surface area contributed by atoms with Gasteiger partial charge in [0.15, 0.2) is 0 Å². The van der Waals surface area contributed by atoms with E-state index in [0.717, 1.165) is 13.0 Å². The molecule has 0 aliphatic rings. The van der Waals surface area contributed by atoms with Crippen LogP contribution in [0.3, 0.4) is 0 Å². The summed E-state index contributed by atoms with van der Waals surface area (Å²) in [6, 6.07) is 2.30. The molecular weight excluding hydrogens is 190 g/mol. The van der Waals surface area contributed by atoms with Crippen molar-refractivity contribution in [2.75, 3.05) is 19.6 Å². The Morgan fingerprint density at radius 1 is 1.47 bits per heavy atom. The van der Waals surface area contributed by atoms with Crippen molar-refractivity contribution in [3.8, 4) is 6.07 Å². The molecule has 15 heavy (non-hydrogen) atoms. The van der Waals surface area contributed by atoms with Gasteiger partial charge in [0.1, 0.15) is 0 Å². The average Bonchev–Trinajstić information content (AvgIpc) is 2.14. The second-order valence-electron chi connectivity index (χ2n) is 3.91. The number of rotatable bonds is 7. The van der Waals surface area contributed by atoms with Gasteiger partial charge >= 0.3 is 0 Å². The van der Waals surface area contributed by atoms with Gasteiger partial charge in [0.2, 0.25) is 5.91 Å². The first-order valence-corrected chi connectivity index (χ1v) is 5.48. The minimum atomic E-state index is 0.0593. The Kier molecular flexibility index (Phi) is 7.65. The number of nitrogens with one attached hydrogen (secondary N) is 1. The summed E-state index contributed by atoms with van der Waals surface area (Å²) in [4.78, 5) is 13.3. The molecule has 0 bridgehead atoms. The monoisotopic (exact) mass is 211 g/mol. The third-order valence-electron chi connectivity index (χ3n) is 1.94. The van der Waals surface area contributed by atoms with Crippen LogP contribution in [0.25, 0.3) is 0 Å².